The fraction of sp³-hybridized carbons (Fsp3) is 0.214. The number of thiophene rings is 1. The molecule has 0 bridgehead atoms. The lowest BCUT2D eigenvalue weighted by molar-refractivity contribution is -0.113. The fourth-order valence-corrected chi connectivity index (χ4v) is 5.43. The first-order valence-electron chi connectivity index (χ1n) is 12.0. The number of esters is 1. The molecule has 4 rings (SSSR count). The number of nitrogens with zero attached hydrogens (tertiary/aromatic N) is 3. The summed E-state index contributed by atoms with van der Waals surface area (Å²) in [5.74, 6) is 0.673. The summed E-state index contributed by atoms with van der Waals surface area (Å²) in [6, 6.07) is 17.4. The van der Waals surface area contributed by atoms with E-state index < -0.39 is 5.97 Å². The van der Waals surface area contributed by atoms with Gasteiger partial charge in [-0.25, -0.2) is 4.79 Å². The van der Waals surface area contributed by atoms with Crippen LogP contribution in [-0.2, 0) is 29.1 Å². The van der Waals surface area contributed by atoms with Crippen LogP contribution in [0.5, 0.6) is 5.75 Å². The normalized spacial score (nSPS) is 10.7. The molecule has 0 atom stereocenters. The van der Waals surface area contributed by atoms with Gasteiger partial charge in [0.2, 0.25) is 5.91 Å². The highest BCUT2D eigenvalue weighted by Crippen LogP contribution is 2.36. The van der Waals surface area contributed by atoms with Crippen molar-refractivity contribution in [3.63, 3.8) is 0 Å². The van der Waals surface area contributed by atoms with Crippen LogP contribution >= 0.6 is 23.1 Å². The first kappa shape index (κ1) is 27.2. The number of aryl methyl sites for hydroxylation is 1. The van der Waals surface area contributed by atoms with Crippen LogP contribution in [0.2, 0.25) is 0 Å². The molecule has 4 aromatic rings. The lowest BCUT2D eigenvalue weighted by Crippen LogP contribution is -2.16. The van der Waals surface area contributed by atoms with Crippen molar-refractivity contribution >= 4 is 40.0 Å². The van der Waals surface area contributed by atoms with E-state index in [2.05, 4.69) is 29.0 Å². The molecule has 0 radical (unpaired) electrons. The van der Waals surface area contributed by atoms with Crippen LogP contribution in [0.15, 0.2) is 77.8 Å². The van der Waals surface area contributed by atoms with Gasteiger partial charge in [0.05, 0.1) is 12.9 Å². The van der Waals surface area contributed by atoms with Gasteiger partial charge < -0.3 is 14.8 Å². The fourth-order valence-electron chi connectivity index (χ4n) is 3.69. The van der Waals surface area contributed by atoms with Crippen molar-refractivity contribution in [2.24, 2.45) is 0 Å². The average Bonchev–Trinajstić information content (AvgIpc) is 3.55. The zero-order valence-electron chi connectivity index (χ0n) is 21.2. The number of amides is 1. The maximum atomic E-state index is 12.9. The predicted octanol–water partition coefficient (Wildman–Crippen LogP) is 5.85. The molecule has 196 valence electrons. The summed E-state index contributed by atoms with van der Waals surface area (Å²) in [4.78, 5) is 25.4. The minimum absolute atomic E-state index is 0.0772. The van der Waals surface area contributed by atoms with E-state index in [1.165, 1.54) is 35.8 Å². The first-order valence-corrected chi connectivity index (χ1v) is 13.8. The number of aromatic nitrogens is 3. The number of anilines is 1. The number of carbonyl (C=O) groups excluding carboxylic acids is 2. The number of benzene rings is 2. The quantitative estimate of drug-likeness (QED) is 0.135. The predicted molar refractivity (Wildman–Crippen MR) is 151 cm³/mol. The van der Waals surface area contributed by atoms with Crippen LogP contribution in [0.1, 0.15) is 28.7 Å². The number of hydrogen-bond acceptors (Lipinski definition) is 8. The van der Waals surface area contributed by atoms with Crippen LogP contribution in [0.4, 0.5) is 5.00 Å². The smallest absolute Gasteiger partial charge is 0.341 e. The second-order valence-corrected chi connectivity index (χ2v) is 9.95. The van der Waals surface area contributed by atoms with Gasteiger partial charge in [-0.1, -0.05) is 67.2 Å². The molecule has 0 aliphatic rings. The molecule has 10 heteroatoms. The van der Waals surface area contributed by atoms with Crippen LogP contribution in [0.3, 0.4) is 0 Å². The third-order valence-corrected chi connectivity index (χ3v) is 7.52. The highest BCUT2D eigenvalue weighted by atomic mass is 32.2. The Bertz CT molecular complexity index is 1400. The third-order valence-electron chi connectivity index (χ3n) is 5.66. The molecule has 8 nitrogen and oxygen atoms in total. The summed E-state index contributed by atoms with van der Waals surface area (Å²) in [6.07, 6.45) is 2.71. The Morgan fingerprint density at radius 2 is 1.89 bits per heavy atom. The Balaban J connectivity index is 1.42. The minimum atomic E-state index is -0.507. The summed E-state index contributed by atoms with van der Waals surface area (Å²) < 4.78 is 12.7. The summed E-state index contributed by atoms with van der Waals surface area (Å²) in [6.45, 7) is 6.63. The molecule has 1 amide bonds. The molecular formula is C28H28N4O4S2. The SMILES string of the molecule is C=CCn1c(COc2ccc(CC)cc2)nnc1SCC(=O)Nc1scc(-c2ccccc2)c1C(=O)OC. The maximum Gasteiger partial charge on any atom is 0.341 e. The van der Waals surface area contributed by atoms with E-state index in [-0.39, 0.29) is 18.3 Å². The van der Waals surface area contributed by atoms with Crippen molar-refractivity contribution in [3.05, 3.63) is 89.6 Å². The first-order chi connectivity index (χ1) is 18.5. The summed E-state index contributed by atoms with van der Waals surface area (Å²) in [5, 5.41) is 14.2. The number of rotatable bonds is 12. The molecule has 0 saturated carbocycles. The van der Waals surface area contributed by atoms with Crippen LogP contribution < -0.4 is 10.1 Å². The highest BCUT2D eigenvalue weighted by molar-refractivity contribution is 7.99. The van der Waals surface area contributed by atoms with E-state index in [4.69, 9.17) is 9.47 Å². The monoisotopic (exact) mass is 548 g/mol. The number of methoxy groups -OCH3 is 1. The second kappa shape index (κ2) is 13.1. The van der Waals surface area contributed by atoms with Gasteiger partial charge in [0.15, 0.2) is 11.0 Å². The Morgan fingerprint density at radius 3 is 2.58 bits per heavy atom. The Kier molecular flexibility index (Phi) is 9.34. The van der Waals surface area contributed by atoms with Crippen molar-refractivity contribution < 1.29 is 19.1 Å². The molecule has 2 heterocycles. The van der Waals surface area contributed by atoms with Crippen LogP contribution in [0.25, 0.3) is 11.1 Å². The van der Waals surface area contributed by atoms with E-state index >= 15 is 0 Å². The molecular weight excluding hydrogens is 520 g/mol. The van der Waals surface area contributed by atoms with Crippen molar-refractivity contribution in [3.8, 4) is 16.9 Å². The lowest BCUT2D eigenvalue weighted by atomic mass is 10.0. The van der Waals surface area contributed by atoms with E-state index in [1.807, 2.05) is 64.5 Å². The number of nitrogens with one attached hydrogen (secondary N) is 1. The Hall–Kier alpha value is -3.89. The summed E-state index contributed by atoms with van der Waals surface area (Å²) in [7, 11) is 1.32. The van der Waals surface area contributed by atoms with Crippen LogP contribution in [-0.4, -0.2) is 39.5 Å². The van der Waals surface area contributed by atoms with Crippen molar-refractivity contribution in [2.45, 2.75) is 31.7 Å². The van der Waals surface area contributed by atoms with Crippen LogP contribution in [0, 0.1) is 0 Å². The van der Waals surface area contributed by atoms with Gasteiger partial charge in [-0.15, -0.1) is 28.1 Å². The molecule has 0 aliphatic carbocycles. The highest BCUT2D eigenvalue weighted by Gasteiger charge is 2.23. The molecule has 2 aromatic heterocycles. The van der Waals surface area contributed by atoms with Crippen molar-refractivity contribution in [1.82, 2.24) is 14.8 Å². The standard InChI is InChI=1S/C28H28N4O4S2/c1-4-15-32-23(16-36-21-13-11-19(5-2)12-14-21)30-31-28(32)38-18-24(33)29-26-25(27(34)35-3)22(17-37-26)20-9-7-6-8-10-20/h4,6-14,17H,1,5,15-16,18H2,2-3H3,(H,29,33). The van der Waals surface area contributed by atoms with Gasteiger partial charge in [0.1, 0.15) is 22.9 Å². The molecule has 2 aromatic carbocycles. The topological polar surface area (TPSA) is 95.3 Å². The number of carbonyl (C=O) groups is 2. The van der Waals surface area contributed by atoms with E-state index in [0.717, 1.165) is 17.7 Å². The summed E-state index contributed by atoms with van der Waals surface area (Å²) >= 11 is 2.53. The molecule has 0 saturated heterocycles. The van der Waals surface area contributed by atoms with Gasteiger partial charge in [-0.3, -0.25) is 9.36 Å². The Morgan fingerprint density at radius 1 is 1.13 bits per heavy atom. The molecule has 38 heavy (non-hydrogen) atoms. The minimum Gasteiger partial charge on any atom is -0.486 e. The van der Waals surface area contributed by atoms with Gasteiger partial charge in [-0.2, -0.15) is 0 Å². The molecule has 0 fully saturated rings. The van der Waals surface area contributed by atoms with Gasteiger partial charge >= 0.3 is 5.97 Å². The number of thioether (sulfide) groups is 1. The zero-order valence-corrected chi connectivity index (χ0v) is 22.8. The largest absolute Gasteiger partial charge is 0.486 e. The average molecular weight is 549 g/mol. The van der Waals surface area contributed by atoms with E-state index in [1.54, 1.807) is 6.08 Å². The molecule has 0 spiro atoms. The number of hydrogen-bond donors (Lipinski definition) is 1. The van der Waals surface area contributed by atoms with E-state index in [0.29, 0.717) is 33.7 Å². The van der Waals surface area contributed by atoms with Crippen molar-refractivity contribution in [2.75, 3.05) is 18.2 Å². The van der Waals surface area contributed by atoms with Gasteiger partial charge in [-0.05, 0) is 29.7 Å². The zero-order chi connectivity index (χ0) is 26.9. The van der Waals surface area contributed by atoms with Gasteiger partial charge in [0, 0.05) is 17.5 Å². The number of allylic oxidation sites excluding steroid dienone is 1. The molecule has 0 unspecified atom stereocenters. The molecule has 0 aliphatic heterocycles. The second-order valence-electron chi connectivity index (χ2n) is 8.13. The summed E-state index contributed by atoms with van der Waals surface area (Å²) in [5.41, 5.74) is 3.16. The number of ether oxygens (including phenoxy) is 2. The maximum absolute atomic E-state index is 12.9. The lowest BCUT2D eigenvalue weighted by Gasteiger charge is -2.10. The third kappa shape index (κ3) is 6.51. The van der Waals surface area contributed by atoms with Gasteiger partial charge in [0.25, 0.3) is 0 Å². The molecule has 1 N–H and O–H groups in total. The van der Waals surface area contributed by atoms with E-state index in [9.17, 15) is 9.59 Å². The van der Waals surface area contributed by atoms with Crippen molar-refractivity contribution in [1.29, 1.82) is 0 Å². The Labute approximate surface area is 229 Å².